The average Bonchev–Trinajstić information content (AvgIpc) is 3.35. The normalized spacial score (nSPS) is 21.4. The molecule has 3 heterocycles. The number of pyridine rings is 1. The second-order valence-electron chi connectivity index (χ2n) is 9.64. The summed E-state index contributed by atoms with van der Waals surface area (Å²) in [6.07, 6.45) is 2.33. The first-order chi connectivity index (χ1) is 15.9. The molecule has 3 aliphatic rings. The van der Waals surface area contributed by atoms with Crippen molar-refractivity contribution in [2.45, 2.75) is 56.8 Å². The lowest BCUT2D eigenvalue weighted by molar-refractivity contribution is -0.113. The Hall–Kier alpha value is -1.78. The van der Waals surface area contributed by atoms with Gasteiger partial charge in [-0.2, -0.15) is 0 Å². The highest BCUT2D eigenvalue weighted by atomic mass is 79.9. The Morgan fingerprint density at radius 3 is 2.71 bits per heavy atom. The van der Waals surface area contributed by atoms with E-state index in [9.17, 15) is 9.59 Å². The number of hydrogen-bond acceptors (Lipinski definition) is 6. The standard InChI is InChI=1S/C23H27BrClFN4O3S/c1-10-6-12-18(16(26)15(10)24)29-21(34-5)20(27-14(31)8-25)19(12)28-17-11-7-13(17)30(9-11)22(32)33-23(2,3)4/h6,11,13,17H,7-9H2,1-5H3,(H,27,31)(H,28,29). The lowest BCUT2D eigenvalue weighted by Gasteiger charge is -2.38. The van der Waals surface area contributed by atoms with Gasteiger partial charge < -0.3 is 20.3 Å². The predicted molar refractivity (Wildman–Crippen MR) is 138 cm³/mol. The van der Waals surface area contributed by atoms with Crippen LogP contribution in [0.15, 0.2) is 15.6 Å². The van der Waals surface area contributed by atoms with Gasteiger partial charge in [-0.15, -0.1) is 23.4 Å². The first kappa shape index (κ1) is 25.3. The molecule has 1 aromatic carbocycles. The van der Waals surface area contributed by atoms with Crippen LogP contribution in [0.25, 0.3) is 10.9 Å². The molecule has 0 radical (unpaired) electrons. The molecular formula is C23H27BrClFN4O3S. The number of halogens is 3. The van der Waals surface area contributed by atoms with E-state index in [0.717, 1.165) is 6.42 Å². The van der Waals surface area contributed by atoms with E-state index in [1.165, 1.54) is 11.8 Å². The summed E-state index contributed by atoms with van der Waals surface area (Å²) in [7, 11) is 0. The third-order valence-corrected chi connectivity index (χ3v) is 8.02. The summed E-state index contributed by atoms with van der Waals surface area (Å²) in [6.45, 7) is 7.91. The molecule has 2 aromatic rings. The molecule has 1 aromatic heterocycles. The Bertz CT molecular complexity index is 1180. The fourth-order valence-electron chi connectivity index (χ4n) is 4.56. The number of thioether (sulfide) groups is 1. The van der Waals surface area contributed by atoms with E-state index in [0.29, 0.717) is 38.4 Å². The molecule has 184 valence electrons. The Morgan fingerprint density at radius 2 is 2.09 bits per heavy atom. The van der Waals surface area contributed by atoms with Gasteiger partial charge in [-0.3, -0.25) is 4.79 Å². The highest BCUT2D eigenvalue weighted by molar-refractivity contribution is 9.10. The molecule has 3 unspecified atom stereocenters. The van der Waals surface area contributed by atoms with E-state index in [-0.39, 0.29) is 41.4 Å². The lowest BCUT2D eigenvalue weighted by Crippen LogP contribution is -2.50. The zero-order chi connectivity index (χ0) is 24.9. The van der Waals surface area contributed by atoms with E-state index in [2.05, 4.69) is 31.5 Å². The highest BCUT2D eigenvalue weighted by Crippen LogP contribution is 2.47. The van der Waals surface area contributed by atoms with E-state index in [1.807, 2.05) is 33.1 Å². The number of carbonyl (C=O) groups is 2. The second kappa shape index (κ2) is 9.35. The largest absolute Gasteiger partial charge is 0.444 e. The molecule has 1 aliphatic carbocycles. The zero-order valence-electron chi connectivity index (χ0n) is 19.6. The smallest absolute Gasteiger partial charge is 0.410 e. The first-order valence-electron chi connectivity index (χ1n) is 10.9. The van der Waals surface area contributed by atoms with Crippen LogP contribution in [-0.2, 0) is 9.53 Å². The summed E-state index contributed by atoms with van der Waals surface area (Å²) in [5, 5.41) is 7.40. The minimum atomic E-state index is -0.580. The average molecular weight is 574 g/mol. The number of hydrogen-bond donors (Lipinski definition) is 2. The van der Waals surface area contributed by atoms with Gasteiger partial charge in [0.05, 0.1) is 27.9 Å². The number of ether oxygens (including phenoxy) is 1. The topological polar surface area (TPSA) is 83.6 Å². The van der Waals surface area contributed by atoms with Gasteiger partial charge in [0.1, 0.15) is 22.0 Å². The van der Waals surface area contributed by atoms with Crippen molar-refractivity contribution in [1.82, 2.24) is 9.88 Å². The number of fused-ring (bicyclic) bond motifs is 2. The monoisotopic (exact) mass is 572 g/mol. The van der Waals surface area contributed by atoms with Crippen molar-refractivity contribution in [2.75, 3.05) is 29.3 Å². The van der Waals surface area contributed by atoms with Crippen molar-refractivity contribution < 1.29 is 18.7 Å². The van der Waals surface area contributed by atoms with E-state index < -0.39 is 11.4 Å². The predicted octanol–water partition coefficient (Wildman–Crippen LogP) is 5.76. The maximum absolute atomic E-state index is 15.2. The molecule has 7 nitrogen and oxygen atoms in total. The van der Waals surface area contributed by atoms with Crippen LogP contribution in [0.1, 0.15) is 32.8 Å². The van der Waals surface area contributed by atoms with Gasteiger partial charge in [0.15, 0.2) is 5.82 Å². The summed E-state index contributed by atoms with van der Waals surface area (Å²) in [5.41, 5.74) is 1.36. The number of nitrogens with zero attached hydrogens (tertiary/aromatic N) is 2. The van der Waals surface area contributed by atoms with Gasteiger partial charge in [0, 0.05) is 17.8 Å². The number of rotatable bonds is 5. The summed E-state index contributed by atoms with van der Waals surface area (Å²) < 4.78 is 21.1. The molecule has 2 aliphatic heterocycles. The number of alkyl halides is 1. The van der Waals surface area contributed by atoms with Crippen LogP contribution in [0.5, 0.6) is 0 Å². The number of carbonyl (C=O) groups excluding carboxylic acids is 2. The third kappa shape index (κ3) is 4.56. The van der Waals surface area contributed by atoms with Crippen LogP contribution >= 0.6 is 39.3 Å². The molecule has 3 atom stereocenters. The molecule has 2 amide bonds. The van der Waals surface area contributed by atoms with E-state index >= 15 is 4.39 Å². The Morgan fingerprint density at radius 1 is 1.38 bits per heavy atom. The number of aromatic nitrogens is 1. The van der Waals surface area contributed by atoms with Crippen molar-refractivity contribution in [3.63, 3.8) is 0 Å². The zero-order valence-corrected chi connectivity index (χ0v) is 22.8. The minimum Gasteiger partial charge on any atom is -0.444 e. The molecule has 11 heteroatoms. The third-order valence-electron chi connectivity index (χ3n) is 6.13. The number of benzene rings is 1. The minimum absolute atomic E-state index is 0.0567. The number of anilines is 2. The molecule has 2 bridgehead atoms. The Balaban J connectivity index is 1.76. The van der Waals surface area contributed by atoms with E-state index in [1.54, 1.807) is 11.8 Å². The molecule has 2 N–H and O–H groups in total. The molecular weight excluding hydrogens is 547 g/mol. The summed E-state index contributed by atoms with van der Waals surface area (Å²) >= 11 is 10.4. The van der Waals surface area contributed by atoms with Crippen LogP contribution in [0.4, 0.5) is 20.6 Å². The van der Waals surface area contributed by atoms with Crippen molar-refractivity contribution >= 4 is 73.6 Å². The van der Waals surface area contributed by atoms with E-state index in [4.69, 9.17) is 16.3 Å². The lowest BCUT2D eigenvalue weighted by atomic mass is 9.79. The van der Waals surface area contributed by atoms with Crippen molar-refractivity contribution in [1.29, 1.82) is 0 Å². The fourth-order valence-corrected chi connectivity index (χ4v) is 5.47. The maximum atomic E-state index is 15.2. The molecule has 2 saturated heterocycles. The fraction of sp³-hybridized carbons (Fsp3) is 0.522. The van der Waals surface area contributed by atoms with Gasteiger partial charge in [-0.1, -0.05) is 0 Å². The van der Waals surface area contributed by atoms with Crippen LogP contribution < -0.4 is 10.6 Å². The van der Waals surface area contributed by atoms with Crippen molar-refractivity contribution in [3.8, 4) is 0 Å². The molecule has 5 rings (SSSR count). The molecule has 0 spiro atoms. The van der Waals surface area contributed by atoms with Gasteiger partial charge >= 0.3 is 6.09 Å². The second-order valence-corrected chi connectivity index (χ2v) is 11.5. The van der Waals surface area contributed by atoms with Crippen LogP contribution in [0.3, 0.4) is 0 Å². The van der Waals surface area contributed by atoms with Gasteiger partial charge in [-0.05, 0) is 67.9 Å². The first-order valence-corrected chi connectivity index (χ1v) is 13.5. The maximum Gasteiger partial charge on any atom is 0.410 e. The van der Waals surface area contributed by atoms with Gasteiger partial charge in [0.2, 0.25) is 5.91 Å². The summed E-state index contributed by atoms with van der Waals surface area (Å²) in [5.74, 6) is -0.852. The van der Waals surface area contributed by atoms with Crippen molar-refractivity contribution in [3.05, 3.63) is 21.9 Å². The quantitative estimate of drug-likeness (QED) is 0.349. The van der Waals surface area contributed by atoms with Crippen LogP contribution in [0.2, 0.25) is 0 Å². The molecule has 34 heavy (non-hydrogen) atoms. The summed E-state index contributed by atoms with van der Waals surface area (Å²) in [6, 6.07) is 1.72. The molecule has 3 fully saturated rings. The van der Waals surface area contributed by atoms with Crippen molar-refractivity contribution in [2.24, 2.45) is 5.92 Å². The number of aryl methyl sites for hydroxylation is 1. The van der Waals surface area contributed by atoms with Gasteiger partial charge in [-0.25, -0.2) is 14.2 Å². The summed E-state index contributed by atoms with van der Waals surface area (Å²) in [4.78, 5) is 31.2. The van der Waals surface area contributed by atoms with Gasteiger partial charge in [0.25, 0.3) is 0 Å². The highest BCUT2D eigenvalue weighted by Gasteiger charge is 2.55. The Labute approximate surface area is 215 Å². The number of nitrogens with one attached hydrogen (secondary N) is 2. The Kier molecular flexibility index (Phi) is 6.96. The number of amides is 2. The molecule has 1 saturated carbocycles. The van der Waals surface area contributed by atoms with Crippen LogP contribution in [-0.4, -0.2) is 58.2 Å². The van der Waals surface area contributed by atoms with Crippen LogP contribution in [0, 0.1) is 18.7 Å². The SMILES string of the molecule is CSc1nc2c(F)c(Br)c(C)cc2c(NC2C3CC2N(C(=O)OC(C)(C)C)C3)c1NC(=O)CCl.